The van der Waals surface area contributed by atoms with Crippen molar-refractivity contribution in [3.63, 3.8) is 0 Å². The lowest BCUT2D eigenvalue weighted by Gasteiger charge is -2.35. The van der Waals surface area contributed by atoms with E-state index in [4.69, 9.17) is 0 Å². The lowest BCUT2D eigenvalue weighted by molar-refractivity contribution is 0.0787. The van der Waals surface area contributed by atoms with Gasteiger partial charge in [-0.2, -0.15) is 0 Å². The molecule has 2 fully saturated rings. The molecular formula is C23H29N5O2. The SMILES string of the molecule is Cc1ccc(C(=O)N2CC[C@@H](NC(=O)N3CCN(Cc4ccccc4)CC3)C2)cn1. The maximum Gasteiger partial charge on any atom is 0.317 e. The van der Waals surface area contributed by atoms with Gasteiger partial charge in [0, 0.05) is 63.7 Å². The van der Waals surface area contributed by atoms with Gasteiger partial charge in [0.1, 0.15) is 0 Å². The van der Waals surface area contributed by atoms with Crippen LogP contribution in [0.15, 0.2) is 48.7 Å². The van der Waals surface area contributed by atoms with E-state index in [0.717, 1.165) is 44.8 Å². The Morgan fingerprint density at radius 1 is 1.00 bits per heavy atom. The number of carbonyl (C=O) groups excluding carboxylic acids is 2. The molecule has 3 amide bonds. The monoisotopic (exact) mass is 407 g/mol. The van der Waals surface area contributed by atoms with E-state index in [2.05, 4.69) is 39.5 Å². The van der Waals surface area contributed by atoms with Gasteiger partial charge in [-0.1, -0.05) is 30.3 Å². The number of hydrogen-bond acceptors (Lipinski definition) is 4. The minimum Gasteiger partial charge on any atom is -0.336 e. The number of benzene rings is 1. The van der Waals surface area contributed by atoms with Crippen LogP contribution >= 0.6 is 0 Å². The number of nitrogens with one attached hydrogen (secondary N) is 1. The molecule has 7 heteroatoms. The Kier molecular flexibility index (Phi) is 6.28. The Balaban J connectivity index is 1.22. The molecule has 2 aliphatic rings. The van der Waals surface area contributed by atoms with Gasteiger partial charge in [0.2, 0.25) is 0 Å². The molecule has 2 aromatic rings. The zero-order valence-corrected chi connectivity index (χ0v) is 17.5. The second-order valence-electron chi connectivity index (χ2n) is 8.12. The van der Waals surface area contributed by atoms with E-state index in [1.54, 1.807) is 11.1 Å². The first-order valence-electron chi connectivity index (χ1n) is 10.6. The quantitative estimate of drug-likeness (QED) is 0.843. The normalized spacial score (nSPS) is 19.7. The van der Waals surface area contributed by atoms with Crippen molar-refractivity contribution in [1.29, 1.82) is 0 Å². The molecule has 2 aliphatic heterocycles. The molecule has 1 atom stereocenters. The van der Waals surface area contributed by atoms with E-state index in [9.17, 15) is 9.59 Å². The summed E-state index contributed by atoms with van der Waals surface area (Å²) in [6.07, 6.45) is 2.41. The molecule has 3 heterocycles. The summed E-state index contributed by atoms with van der Waals surface area (Å²) in [4.78, 5) is 35.6. The van der Waals surface area contributed by atoms with Gasteiger partial charge in [0.05, 0.1) is 5.56 Å². The fourth-order valence-electron chi connectivity index (χ4n) is 4.06. The van der Waals surface area contributed by atoms with Crippen LogP contribution in [0.1, 0.15) is 28.0 Å². The van der Waals surface area contributed by atoms with Crippen LogP contribution in [-0.2, 0) is 6.54 Å². The number of hydrogen-bond donors (Lipinski definition) is 1. The molecule has 0 aliphatic carbocycles. The van der Waals surface area contributed by atoms with Crippen molar-refractivity contribution < 1.29 is 9.59 Å². The van der Waals surface area contributed by atoms with Crippen LogP contribution < -0.4 is 5.32 Å². The summed E-state index contributed by atoms with van der Waals surface area (Å²) < 4.78 is 0. The molecule has 0 saturated carbocycles. The fourth-order valence-corrected chi connectivity index (χ4v) is 4.06. The lowest BCUT2D eigenvalue weighted by atomic mass is 10.2. The zero-order chi connectivity index (χ0) is 20.9. The van der Waals surface area contributed by atoms with E-state index in [1.165, 1.54) is 5.56 Å². The Labute approximate surface area is 177 Å². The largest absolute Gasteiger partial charge is 0.336 e. The van der Waals surface area contributed by atoms with Crippen molar-refractivity contribution in [1.82, 2.24) is 25.0 Å². The van der Waals surface area contributed by atoms with Gasteiger partial charge in [-0.05, 0) is 31.0 Å². The summed E-state index contributed by atoms with van der Waals surface area (Å²) in [7, 11) is 0. The summed E-state index contributed by atoms with van der Waals surface area (Å²) in [6, 6.07) is 14.1. The molecule has 2 saturated heterocycles. The van der Waals surface area contributed by atoms with Crippen molar-refractivity contribution >= 4 is 11.9 Å². The molecule has 30 heavy (non-hydrogen) atoms. The van der Waals surface area contributed by atoms with Gasteiger partial charge >= 0.3 is 6.03 Å². The molecule has 7 nitrogen and oxygen atoms in total. The maximum absolute atomic E-state index is 12.7. The summed E-state index contributed by atoms with van der Waals surface area (Å²) >= 11 is 0. The standard InChI is InChI=1S/C23H29N5O2/c1-18-7-8-20(15-24-18)22(29)28-10-9-21(17-28)25-23(30)27-13-11-26(12-14-27)16-19-5-3-2-4-6-19/h2-8,15,21H,9-14,16-17H2,1H3,(H,25,30)/t21-/m1/s1. The molecule has 0 bridgehead atoms. The number of urea groups is 1. The Hall–Kier alpha value is -2.93. The van der Waals surface area contributed by atoms with E-state index in [-0.39, 0.29) is 18.0 Å². The first-order chi connectivity index (χ1) is 14.6. The van der Waals surface area contributed by atoms with Gasteiger partial charge in [-0.15, -0.1) is 0 Å². The molecule has 1 aromatic carbocycles. The number of pyridine rings is 1. The highest BCUT2D eigenvalue weighted by Gasteiger charge is 2.30. The van der Waals surface area contributed by atoms with Gasteiger partial charge in [-0.3, -0.25) is 14.7 Å². The van der Waals surface area contributed by atoms with Crippen molar-refractivity contribution in [3.05, 3.63) is 65.5 Å². The zero-order valence-electron chi connectivity index (χ0n) is 17.5. The van der Waals surface area contributed by atoms with E-state index < -0.39 is 0 Å². The second kappa shape index (κ2) is 9.26. The number of likely N-dealkylation sites (tertiary alicyclic amines) is 1. The first kappa shape index (κ1) is 20.3. The number of aryl methyl sites for hydroxylation is 1. The first-order valence-corrected chi connectivity index (χ1v) is 10.6. The van der Waals surface area contributed by atoms with Crippen LogP contribution in [0.25, 0.3) is 0 Å². The summed E-state index contributed by atoms with van der Waals surface area (Å²) in [5.74, 6) is -0.0197. The topological polar surface area (TPSA) is 68.8 Å². The number of piperazine rings is 1. The number of amides is 3. The predicted octanol–water partition coefficient (Wildman–Crippen LogP) is 2.13. The summed E-state index contributed by atoms with van der Waals surface area (Å²) in [5.41, 5.74) is 2.79. The maximum atomic E-state index is 12.7. The van der Waals surface area contributed by atoms with Gasteiger partial charge in [-0.25, -0.2) is 4.79 Å². The minimum atomic E-state index is -0.0225. The highest BCUT2D eigenvalue weighted by molar-refractivity contribution is 5.94. The average Bonchev–Trinajstić information content (AvgIpc) is 3.23. The van der Waals surface area contributed by atoms with Crippen LogP contribution in [0.3, 0.4) is 0 Å². The van der Waals surface area contributed by atoms with E-state index in [1.807, 2.05) is 30.0 Å². The molecule has 1 N–H and O–H groups in total. The van der Waals surface area contributed by atoms with Crippen molar-refractivity contribution in [2.24, 2.45) is 0 Å². The smallest absolute Gasteiger partial charge is 0.317 e. The van der Waals surface area contributed by atoms with E-state index >= 15 is 0 Å². The number of aromatic nitrogens is 1. The fraction of sp³-hybridized carbons (Fsp3) is 0.435. The summed E-state index contributed by atoms with van der Waals surface area (Å²) in [6.45, 7) is 7.22. The minimum absolute atomic E-state index is 0.00204. The van der Waals surface area contributed by atoms with Crippen molar-refractivity contribution in [2.45, 2.75) is 25.9 Å². The third kappa shape index (κ3) is 4.97. The molecule has 0 spiro atoms. The average molecular weight is 408 g/mol. The van der Waals surface area contributed by atoms with Crippen molar-refractivity contribution in [2.75, 3.05) is 39.3 Å². The second-order valence-corrected chi connectivity index (χ2v) is 8.12. The Morgan fingerprint density at radius 3 is 2.47 bits per heavy atom. The molecular weight excluding hydrogens is 378 g/mol. The molecule has 0 radical (unpaired) electrons. The Morgan fingerprint density at radius 2 is 1.77 bits per heavy atom. The number of carbonyl (C=O) groups is 2. The predicted molar refractivity (Wildman–Crippen MR) is 115 cm³/mol. The van der Waals surface area contributed by atoms with Crippen LogP contribution in [0.4, 0.5) is 4.79 Å². The van der Waals surface area contributed by atoms with E-state index in [0.29, 0.717) is 18.7 Å². The van der Waals surface area contributed by atoms with Crippen LogP contribution in [0.5, 0.6) is 0 Å². The van der Waals surface area contributed by atoms with Crippen molar-refractivity contribution in [3.8, 4) is 0 Å². The molecule has 1 aromatic heterocycles. The third-order valence-electron chi connectivity index (χ3n) is 5.87. The molecule has 4 rings (SSSR count). The number of nitrogens with zero attached hydrogens (tertiary/aromatic N) is 4. The van der Waals surface area contributed by atoms with Crippen LogP contribution in [-0.4, -0.2) is 76.9 Å². The third-order valence-corrected chi connectivity index (χ3v) is 5.87. The number of rotatable bonds is 4. The summed E-state index contributed by atoms with van der Waals surface area (Å²) in [5, 5.41) is 3.12. The Bertz CT molecular complexity index is 863. The lowest BCUT2D eigenvalue weighted by Crippen LogP contribution is -2.53. The van der Waals surface area contributed by atoms with Gasteiger partial charge < -0.3 is 15.1 Å². The van der Waals surface area contributed by atoms with Crippen LogP contribution in [0.2, 0.25) is 0 Å². The highest BCUT2D eigenvalue weighted by Crippen LogP contribution is 2.15. The molecule has 158 valence electrons. The van der Waals surface area contributed by atoms with Gasteiger partial charge in [0.15, 0.2) is 0 Å². The molecule has 0 unspecified atom stereocenters. The highest BCUT2D eigenvalue weighted by atomic mass is 16.2. The van der Waals surface area contributed by atoms with Gasteiger partial charge in [0.25, 0.3) is 5.91 Å². The van der Waals surface area contributed by atoms with Crippen LogP contribution in [0, 0.1) is 6.92 Å².